The number of sulfone groups is 1. The first-order valence-electron chi connectivity index (χ1n) is 6.08. The van der Waals surface area contributed by atoms with Crippen molar-refractivity contribution < 1.29 is 17.9 Å². The Morgan fingerprint density at radius 1 is 1.53 bits per heavy atom. The number of halogens is 2. The van der Waals surface area contributed by atoms with Crippen LogP contribution in [0, 0.1) is 5.82 Å². The average molecular weight is 307 g/mol. The lowest BCUT2D eigenvalue weighted by Crippen LogP contribution is -2.44. The summed E-state index contributed by atoms with van der Waals surface area (Å²) in [6.45, 7) is 0. The molecule has 1 fully saturated rings. The number of rotatable bonds is 3. The van der Waals surface area contributed by atoms with Crippen LogP contribution < -0.4 is 0 Å². The first-order valence-corrected chi connectivity index (χ1v) is 8.41. The Labute approximate surface area is 117 Å². The fourth-order valence-corrected chi connectivity index (χ4v) is 4.64. The molecule has 0 saturated heterocycles. The van der Waals surface area contributed by atoms with Gasteiger partial charge in [-0.1, -0.05) is 23.7 Å². The van der Waals surface area contributed by atoms with Gasteiger partial charge in [0.1, 0.15) is 5.82 Å². The lowest BCUT2D eigenvalue weighted by molar-refractivity contribution is 0.0504. The summed E-state index contributed by atoms with van der Waals surface area (Å²) in [5.41, 5.74) is -1.15. The van der Waals surface area contributed by atoms with Gasteiger partial charge in [-0.15, -0.1) is 0 Å². The molecule has 1 N–H and O–H groups in total. The molecule has 1 aliphatic carbocycles. The van der Waals surface area contributed by atoms with Crippen molar-refractivity contribution in [3.63, 3.8) is 0 Å². The Morgan fingerprint density at radius 2 is 2.21 bits per heavy atom. The number of benzene rings is 1. The van der Waals surface area contributed by atoms with E-state index < -0.39 is 26.5 Å². The fraction of sp³-hybridized carbons (Fsp3) is 0.538. The molecule has 0 amide bonds. The van der Waals surface area contributed by atoms with Crippen LogP contribution in [0.4, 0.5) is 4.39 Å². The lowest BCUT2D eigenvalue weighted by atomic mass is 9.92. The van der Waals surface area contributed by atoms with E-state index in [-0.39, 0.29) is 17.0 Å². The summed E-state index contributed by atoms with van der Waals surface area (Å²) in [5, 5.41) is 9.71. The zero-order chi connectivity index (χ0) is 14.3. The summed E-state index contributed by atoms with van der Waals surface area (Å²) >= 11 is 5.70. The molecule has 0 heterocycles. The predicted octanol–water partition coefficient (Wildman–Crippen LogP) is 2.35. The van der Waals surface area contributed by atoms with Gasteiger partial charge < -0.3 is 5.11 Å². The van der Waals surface area contributed by atoms with Crippen LogP contribution >= 0.6 is 11.6 Å². The van der Waals surface area contributed by atoms with Gasteiger partial charge in [-0.25, -0.2) is 12.8 Å². The molecule has 6 heteroatoms. The van der Waals surface area contributed by atoms with E-state index in [1.54, 1.807) is 6.07 Å². The average Bonchev–Trinajstić information content (AvgIpc) is 2.67. The second-order valence-corrected chi connectivity index (χ2v) is 7.84. The van der Waals surface area contributed by atoms with Crippen molar-refractivity contribution >= 4 is 21.4 Å². The molecular formula is C13H16ClFO3S. The Hall–Kier alpha value is -0.650. The SMILES string of the molecule is CS(=O)(=O)C1CCCC1(O)Cc1cccc(Cl)c1F. The topological polar surface area (TPSA) is 54.4 Å². The van der Waals surface area contributed by atoms with E-state index in [0.717, 1.165) is 6.26 Å². The first-order chi connectivity index (χ1) is 8.74. The molecular weight excluding hydrogens is 291 g/mol. The van der Waals surface area contributed by atoms with E-state index in [2.05, 4.69) is 0 Å². The molecule has 1 aromatic carbocycles. The molecule has 1 aliphatic rings. The highest BCUT2D eigenvalue weighted by atomic mass is 35.5. The highest BCUT2D eigenvalue weighted by Crippen LogP contribution is 2.38. The van der Waals surface area contributed by atoms with Gasteiger partial charge in [0.25, 0.3) is 0 Å². The van der Waals surface area contributed by atoms with Crippen LogP contribution in [-0.4, -0.2) is 30.6 Å². The van der Waals surface area contributed by atoms with Crippen LogP contribution in [0.2, 0.25) is 5.02 Å². The van der Waals surface area contributed by atoms with Crippen LogP contribution in [0.25, 0.3) is 0 Å². The molecule has 1 saturated carbocycles. The molecule has 2 rings (SSSR count). The molecule has 1 aromatic rings. The molecule has 0 spiro atoms. The molecule has 106 valence electrons. The Kier molecular flexibility index (Phi) is 3.91. The summed E-state index contributed by atoms with van der Waals surface area (Å²) in [4.78, 5) is 0. The third kappa shape index (κ3) is 2.93. The van der Waals surface area contributed by atoms with Crippen LogP contribution in [0.3, 0.4) is 0 Å². The number of aliphatic hydroxyl groups is 1. The van der Waals surface area contributed by atoms with Crippen LogP contribution in [0.15, 0.2) is 18.2 Å². The molecule has 2 unspecified atom stereocenters. The first kappa shape index (κ1) is 14.8. The minimum Gasteiger partial charge on any atom is -0.388 e. The van der Waals surface area contributed by atoms with Crippen molar-refractivity contribution in [2.24, 2.45) is 0 Å². The van der Waals surface area contributed by atoms with Gasteiger partial charge in [0.15, 0.2) is 9.84 Å². The van der Waals surface area contributed by atoms with Gasteiger partial charge in [-0.3, -0.25) is 0 Å². The lowest BCUT2D eigenvalue weighted by Gasteiger charge is -2.29. The predicted molar refractivity (Wildman–Crippen MR) is 72.5 cm³/mol. The molecule has 19 heavy (non-hydrogen) atoms. The molecule has 0 aromatic heterocycles. The van der Waals surface area contributed by atoms with Crippen molar-refractivity contribution in [2.75, 3.05) is 6.26 Å². The highest BCUT2D eigenvalue weighted by molar-refractivity contribution is 7.91. The fourth-order valence-electron chi connectivity index (χ4n) is 2.85. The van der Waals surface area contributed by atoms with Crippen LogP contribution in [0.1, 0.15) is 24.8 Å². The van der Waals surface area contributed by atoms with Crippen molar-refractivity contribution in [3.05, 3.63) is 34.6 Å². The van der Waals surface area contributed by atoms with Gasteiger partial charge in [0.2, 0.25) is 0 Å². The zero-order valence-electron chi connectivity index (χ0n) is 10.6. The van der Waals surface area contributed by atoms with Crippen molar-refractivity contribution in [1.29, 1.82) is 0 Å². The maximum Gasteiger partial charge on any atom is 0.153 e. The van der Waals surface area contributed by atoms with E-state index in [1.807, 2.05) is 0 Å². The van der Waals surface area contributed by atoms with Crippen molar-refractivity contribution in [2.45, 2.75) is 36.5 Å². The highest BCUT2D eigenvalue weighted by Gasteiger charge is 2.47. The maximum atomic E-state index is 13.9. The van der Waals surface area contributed by atoms with Gasteiger partial charge in [-0.05, 0) is 30.9 Å². The minimum atomic E-state index is -3.36. The third-order valence-corrected chi connectivity index (χ3v) is 5.72. The largest absolute Gasteiger partial charge is 0.388 e. The smallest absolute Gasteiger partial charge is 0.153 e. The molecule has 3 nitrogen and oxygen atoms in total. The number of hydrogen-bond acceptors (Lipinski definition) is 3. The molecule has 0 aliphatic heterocycles. The summed E-state index contributed by atoms with van der Waals surface area (Å²) in [5.74, 6) is -0.586. The van der Waals surface area contributed by atoms with Crippen LogP contribution in [0.5, 0.6) is 0 Å². The standard InChI is InChI=1S/C13H16ClFO3S/c1-19(17,18)11-6-3-7-13(11,16)8-9-4-2-5-10(14)12(9)15/h2,4-5,11,16H,3,6-8H2,1H3. The van der Waals surface area contributed by atoms with Gasteiger partial charge in [0.05, 0.1) is 15.9 Å². The van der Waals surface area contributed by atoms with E-state index in [9.17, 15) is 17.9 Å². The van der Waals surface area contributed by atoms with Crippen molar-refractivity contribution in [1.82, 2.24) is 0 Å². The molecule has 0 radical (unpaired) electrons. The second-order valence-electron chi connectivity index (χ2n) is 5.20. The monoisotopic (exact) mass is 306 g/mol. The molecule has 0 bridgehead atoms. The molecule has 2 atom stereocenters. The Bertz CT molecular complexity index is 588. The van der Waals surface area contributed by atoms with Crippen molar-refractivity contribution in [3.8, 4) is 0 Å². The van der Waals surface area contributed by atoms with E-state index in [0.29, 0.717) is 19.3 Å². The van der Waals surface area contributed by atoms with E-state index >= 15 is 0 Å². The van der Waals surface area contributed by atoms with Crippen LogP contribution in [-0.2, 0) is 16.3 Å². The summed E-state index contributed by atoms with van der Waals surface area (Å²) < 4.78 is 37.3. The zero-order valence-corrected chi connectivity index (χ0v) is 12.1. The van der Waals surface area contributed by atoms with E-state index in [1.165, 1.54) is 12.1 Å². The summed E-state index contributed by atoms with van der Waals surface area (Å²) in [6.07, 6.45) is 2.48. The van der Waals surface area contributed by atoms with Gasteiger partial charge in [-0.2, -0.15) is 0 Å². The van der Waals surface area contributed by atoms with E-state index in [4.69, 9.17) is 11.6 Å². The summed E-state index contributed by atoms with van der Waals surface area (Å²) in [6, 6.07) is 4.54. The van der Waals surface area contributed by atoms with Gasteiger partial charge in [0, 0.05) is 12.7 Å². The number of hydrogen-bond donors (Lipinski definition) is 1. The maximum absolute atomic E-state index is 13.9. The third-order valence-electron chi connectivity index (χ3n) is 3.72. The Morgan fingerprint density at radius 3 is 2.84 bits per heavy atom. The Balaban J connectivity index is 2.33. The summed E-state index contributed by atoms with van der Waals surface area (Å²) in [7, 11) is -3.36. The second kappa shape index (κ2) is 5.04. The normalized spacial score (nSPS) is 27.7. The minimum absolute atomic E-state index is 0.0185. The quantitative estimate of drug-likeness (QED) is 0.932. The van der Waals surface area contributed by atoms with Gasteiger partial charge >= 0.3 is 0 Å².